The van der Waals surface area contributed by atoms with Gasteiger partial charge in [-0.2, -0.15) is 0 Å². The molecular formula is C14H25Br4NO. The predicted molar refractivity (Wildman–Crippen MR) is 104 cm³/mol. The molecule has 0 saturated heterocycles. The van der Waals surface area contributed by atoms with Gasteiger partial charge in [-0.15, -0.1) is 6.58 Å². The second kappa shape index (κ2) is 9.02. The number of hydrogen-bond acceptors (Lipinski definition) is 2. The predicted octanol–water partition coefficient (Wildman–Crippen LogP) is 5.21. The Morgan fingerprint density at radius 1 is 1.20 bits per heavy atom. The van der Waals surface area contributed by atoms with E-state index in [4.69, 9.17) is 10.5 Å². The maximum absolute atomic E-state index is 6.52. The molecule has 0 heterocycles. The quantitative estimate of drug-likeness (QED) is 0.198. The molecule has 2 nitrogen and oxygen atoms in total. The zero-order valence-electron chi connectivity index (χ0n) is 12.5. The summed E-state index contributed by atoms with van der Waals surface area (Å²) in [5, 5.41) is 0. The van der Waals surface area contributed by atoms with Crippen LogP contribution >= 0.6 is 63.7 Å². The fraction of sp³-hybridized carbons (Fsp3) is 0.857. The molecule has 5 atom stereocenters. The van der Waals surface area contributed by atoms with Gasteiger partial charge in [-0.3, -0.25) is 0 Å². The van der Waals surface area contributed by atoms with Gasteiger partial charge in [0, 0.05) is 4.83 Å². The lowest BCUT2D eigenvalue weighted by molar-refractivity contribution is 0.160. The lowest BCUT2D eigenvalue weighted by atomic mass is 9.78. The van der Waals surface area contributed by atoms with E-state index in [1.54, 1.807) is 6.08 Å². The van der Waals surface area contributed by atoms with Crippen molar-refractivity contribution < 1.29 is 4.74 Å². The Morgan fingerprint density at radius 2 is 1.70 bits per heavy atom. The summed E-state index contributed by atoms with van der Waals surface area (Å²) in [7, 11) is 0. The number of halogens is 4. The fourth-order valence-electron chi connectivity index (χ4n) is 1.60. The number of hydrogen-bond donors (Lipinski definition) is 1. The van der Waals surface area contributed by atoms with Gasteiger partial charge in [0.15, 0.2) is 0 Å². The molecule has 0 aromatic carbocycles. The van der Waals surface area contributed by atoms with E-state index in [1.807, 2.05) is 0 Å². The minimum atomic E-state index is -0.592. The Bertz CT molecular complexity index is 304. The van der Waals surface area contributed by atoms with Crippen LogP contribution in [0.3, 0.4) is 0 Å². The summed E-state index contributed by atoms with van der Waals surface area (Å²) in [4.78, 5) is 0.215. The molecule has 0 fully saturated rings. The molecule has 0 aliphatic rings. The van der Waals surface area contributed by atoms with Crippen molar-refractivity contribution in [1.29, 1.82) is 0 Å². The van der Waals surface area contributed by atoms with Crippen LogP contribution < -0.4 is 5.73 Å². The maximum Gasteiger partial charge on any atom is 0.0984 e. The minimum Gasteiger partial charge on any atom is -0.376 e. The van der Waals surface area contributed by atoms with E-state index in [-0.39, 0.29) is 19.9 Å². The van der Waals surface area contributed by atoms with Crippen LogP contribution in [0.5, 0.6) is 0 Å². The van der Waals surface area contributed by atoms with Crippen molar-refractivity contribution in [3.8, 4) is 0 Å². The first-order valence-electron chi connectivity index (χ1n) is 6.54. The monoisotopic (exact) mass is 539 g/mol. The number of rotatable bonds is 8. The van der Waals surface area contributed by atoms with Crippen LogP contribution in [-0.2, 0) is 4.74 Å². The zero-order chi connectivity index (χ0) is 16.1. The smallest absolute Gasteiger partial charge is 0.0984 e. The highest BCUT2D eigenvalue weighted by molar-refractivity contribution is 9.14. The average molecular weight is 543 g/mol. The molecule has 0 aliphatic heterocycles. The van der Waals surface area contributed by atoms with Crippen LogP contribution in [0.15, 0.2) is 12.7 Å². The minimum absolute atomic E-state index is 0.00832. The molecule has 120 valence electrons. The normalized spacial score (nSPS) is 21.6. The third kappa shape index (κ3) is 6.37. The summed E-state index contributed by atoms with van der Waals surface area (Å²) in [6.07, 6.45) is 1.74. The summed E-state index contributed by atoms with van der Waals surface area (Å²) in [6, 6.07) is 0. The van der Waals surface area contributed by atoms with Gasteiger partial charge in [0.1, 0.15) is 0 Å². The molecule has 2 N–H and O–H groups in total. The van der Waals surface area contributed by atoms with Crippen LogP contribution in [0, 0.1) is 11.3 Å². The molecule has 0 amide bonds. The van der Waals surface area contributed by atoms with E-state index in [9.17, 15) is 0 Å². The van der Waals surface area contributed by atoms with Crippen molar-refractivity contribution in [2.45, 2.75) is 46.6 Å². The van der Waals surface area contributed by atoms with Crippen LogP contribution in [-0.4, -0.2) is 32.1 Å². The molecule has 6 heteroatoms. The molecule has 0 aromatic rings. The summed E-state index contributed by atoms with van der Waals surface area (Å²) >= 11 is 14.8. The summed E-state index contributed by atoms with van der Waals surface area (Å²) in [6.45, 7) is 13.6. The van der Waals surface area contributed by atoms with Gasteiger partial charge in [-0.25, -0.2) is 0 Å². The largest absolute Gasteiger partial charge is 0.376 e. The molecule has 0 aliphatic carbocycles. The summed E-state index contributed by atoms with van der Waals surface area (Å²) in [5.41, 5.74) is 6.69. The van der Waals surface area contributed by atoms with Gasteiger partial charge < -0.3 is 10.5 Å². The van der Waals surface area contributed by atoms with Gasteiger partial charge in [0.05, 0.1) is 27.3 Å². The fourth-order valence-corrected chi connectivity index (χ4v) is 5.16. The average Bonchev–Trinajstić information content (AvgIpc) is 2.34. The van der Waals surface area contributed by atoms with Gasteiger partial charge in [-0.05, 0) is 11.3 Å². The first-order chi connectivity index (χ1) is 8.96. The Hall–Kier alpha value is 1.58. The molecule has 0 aromatic heterocycles. The highest BCUT2D eigenvalue weighted by Gasteiger charge is 2.45. The maximum atomic E-state index is 6.52. The second-order valence-electron chi connectivity index (χ2n) is 6.13. The first-order valence-corrected chi connectivity index (χ1v) is 10.1. The highest BCUT2D eigenvalue weighted by atomic mass is 79.9. The third-order valence-corrected chi connectivity index (χ3v) is 10.1. The van der Waals surface area contributed by atoms with Crippen LogP contribution in [0.4, 0.5) is 0 Å². The standard InChI is InChI=1S/C14H25Br4NO/c1-6-7-20-8-10(15)12(17)14(18,19)11(16)9(2)13(3,4)5/h6,9-12H,1,7-8,19H2,2-5H3. The SMILES string of the molecule is C=CCOCC(Br)C(Br)C(N)(Br)C(Br)C(C)C(C)(C)C. The first kappa shape index (κ1) is 21.6. The number of alkyl halides is 4. The zero-order valence-corrected chi connectivity index (χ0v) is 18.8. The lowest BCUT2D eigenvalue weighted by Crippen LogP contribution is -2.56. The third-order valence-electron chi connectivity index (χ3n) is 3.48. The summed E-state index contributed by atoms with van der Waals surface area (Å²) < 4.78 is 4.89. The van der Waals surface area contributed by atoms with E-state index in [0.717, 1.165) is 0 Å². The van der Waals surface area contributed by atoms with E-state index in [0.29, 0.717) is 19.1 Å². The van der Waals surface area contributed by atoms with Crippen molar-refractivity contribution in [1.82, 2.24) is 0 Å². The number of ether oxygens (including phenoxy) is 1. The van der Waals surface area contributed by atoms with Crippen LogP contribution in [0.25, 0.3) is 0 Å². The molecule has 20 heavy (non-hydrogen) atoms. The Labute approximate surface area is 157 Å². The molecule has 0 radical (unpaired) electrons. The second-order valence-corrected chi connectivity index (χ2v) is 10.7. The molecular weight excluding hydrogens is 518 g/mol. The van der Waals surface area contributed by atoms with E-state index in [2.05, 4.69) is 98.0 Å². The molecule has 0 saturated carbocycles. The van der Waals surface area contributed by atoms with Crippen molar-refractivity contribution in [2.24, 2.45) is 17.1 Å². The van der Waals surface area contributed by atoms with Crippen molar-refractivity contribution in [3.63, 3.8) is 0 Å². The molecule has 5 unspecified atom stereocenters. The van der Waals surface area contributed by atoms with E-state index < -0.39 is 4.45 Å². The Kier molecular flexibility index (Phi) is 9.73. The van der Waals surface area contributed by atoms with Crippen molar-refractivity contribution in [2.75, 3.05) is 13.2 Å². The molecule has 0 rings (SSSR count). The summed E-state index contributed by atoms with van der Waals surface area (Å²) in [5.74, 6) is 0.390. The number of nitrogens with two attached hydrogens (primary N) is 1. The van der Waals surface area contributed by atoms with Crippen molar-refractivity contribution in [3.05, 3.63) is 12.7 Å². The van der Waals surface area contributed by atoms with Gasteiger partial charge >= 0.3 is 0 Å². The van der Waals surface area contributed by atoms with Gasteiger partial charge in [0.25, 0.3) is 0 Å². The van der Waals surface area contributed by atoms with Crippen LogP contribution in [0.1, 0.15) is 27.7 Å². The topological polar surface area (TPSA) is 35.2 Å². The Balaban J connectivity index is 4.79. The molecule has 0 spiro atoms. The molecule has 0 bridgehead atoms. The van der Waals surface area contributed by atoms with E-state index in [1.165, 1.54) is 0 Å². The van der Waals surface area contributed by atoms with E-state index >= 15 is 0 Å². The highest BCUT2D eigenvalue weighted by Crippen LogP contribution is 2.43. The Morgan fingerprint density at radius 3 is 2.10 bits per heavy atom. The van der Waals surface area contributed by atoms with Gasteiger partial charge in [-0.1, -0.05) is 97.5 Å². The van der Waals surface area contributed by atoms with Crippen molar-refractivity contribution >= 4 is 63.7 Å². The van der Waals surface area contributed by atoms with Gasteiger partial charge in [0.2, 0.25) is 0 Å². The lowest BCUT2D eigenvalue weighted by Gasteiger charge is -2.42. The van der Waals surface area contributed by atoms with Crippen LogP contribution in [0.2, 0.25) is 0 Å².